The molecule has 2 aromatic rings. The first-order valence-electron chi connectivity index (χ1n) is 7.27. The Morgan fingerprint density at radius 3 is 3.00 bits per heavy atom. The molecule has 1 aromatic heterocycles. The maximum atomic E-state index is 12.7. The van der Waals surface area contributed by atoms with E-state index in [1.807, 2.05) is 13.0 Å². The summed E-state index contributed by atoms with van der Waals surface area (Å²) < 4.78 is 2.48. The molecular formula is C16H18BrN3O2S. The standard InChI is InChI=1S/C16H18BrN3O2S/c1-3-7-18-14(21)10-23-16-19-13-6-5-11(17)9-12(13)15(22)20(16)8-4-2/h3,5-6,9H,1,4,7-8,10H2,2H3,(H,18,21). The van der Waals surface area contributed by atoms with Crippen LogP contribution >= 0.6 is 27.7 Å². The lowest BCUT2D eigenvalue weighted by Crippen LogP contribution is -2.27. The van der Waals surface area contributed by atoms with Crippen molar-refractivity contribution in [1.82, 2.24) is 14.9 Å². The van der Waals surface area contributed by atoms with E-state index < -0.39 is 0 Å². The molecule has 2 rings (SSSR count). The van der Waals surface area contributed by atoms with E-state index in [-0.39, 0.29) is 17.2 Å². The molecule has 122 valence electrons. The fourth-order valence-electron chi connectivity index (χ4n) is 2.07. The Kier molecular flexibility index (Phi) is 6.41. The fourth-order valence-corrected chi connectivity index (χ4v) is 3.29. The Bertz CT molecular complexity index is 789. The van der Waals surface area contributed by atoms with Gasteiger partial charge in [-0.15, -0.1) is 6.58 Å². The molecule has 1 aromatic carbocycles. The van der Waals surface area contributed by atoms with Crippen LogP contribution in [-0.2, 0) is 11.3 Å². The molecule has 0 aliphatic carbocycles. The van der Waals surface area contributed by atoms with Gasteiger partial charge in [-0.25, -0.2) is 4.98 Å². The maximum absolute atomic E-state index is 12.7. The zero-order valence-electron chi connectivity index (χ0n) is 12.8. The number of carbonyl (C=O) groups is 1. The normalized spacial score (nSPS) is 10.7. The fraction of sp³-hybridized carbons (Fsp3) is 0.312. The van der Waals surface area contributed by atoms with Crippen molar-refractivity contribution in [1.29, 1.82) is 0 Å². The smallest absolute Gasteiger partial charge is 0.262 e. The molecule has 0 saturated heterocycles. The van der Waals surface area contributed by atoms with Gasteiger partial charge in [0.2, 0.25) is 5.91 Å². The van der Waals surface area contributed by atoms with Crippen LogP contribution in [0.5, 0.6) is 0 Å². The van der Waals surface area contributed by atoms with Gasteiger partial charge in [-0.05, 0) is 24.6 Å². The summed E-state index contributed by atoms with van der Waals surface area (Å²) in [7, 11) is 0. The Morgan fingerprint density at radius 2 is 2.30 bits per heavy atom. The molecule has 0 spiro atoms. The summed E-state index contributed by atoms with van der Waals surface area (Å²) in [6, 6.07) is 5.44. The minimum absolute atomic E-state index is 0.0767. The van der Waals surface area contributed by atoms with Gasteiger partial charge in [0.25, 0.3) is 5.56 Å². The minimum atomic E-state index is -0.108. The molecule has 0 unspecified atom stereocenters. The second-order valence-corrected chi connectivity index (χ2v) is 6.75. The topological polar surface area (TPSA) is 64.0 Å². The Balaban J connectivity index is 2.35. The number of aromatic nitrogens is 2. The molecule has 1 N–H and O–H groups in total. The second kappa shape index (κ2) is 8.31. The van der Waals surface area contributed by atoms with Gasteiger partial charge < -0.3 is 5.32 Å². The van der Waals surface area contributed by atoms with Crippen molar-refractivity contribution in [2.75, 3.05) is 12.3 Å². The summed E-state index contributed by atoms with van der Waals surface area (Å²) in [6.45, 7) is 6.57. The van der Waals surface area contributed by atoms with Crippen LogP contribution in [0.25, 0.3) is 10.9 Å². The van der Waals surface area contributed by atoms with Gasteiger partial charge in [0, 0.05) is 17.6 Å². The number of thioether (sulfide) groups is 1. The van der Waals surface area contributed by atoms with Gasteiger partial charge in [-0.1, -0.05) is 40.7 Å². The van der Waals surface area contributed by atoms with E-state index in [4.69, 9.17) is 0 Å². The number of hydrogen-bond acceptors (Lipinski definition) is 4. The lowest BCUT2D eigenvalue weighted by Gasteiger charge is -2.12. The van der Waals surface area contributed by atoms with Gasteiger partial charge >= 0.3 is 0 Å². The largest absolute Gasteiger partial charge is 0.352 e. The lowest BCUT2D eigenvalue weighted by atomic mass is 10.2. The zero-order valence-corrected chi connectivity index (χ0v) is 15.2. The van der Waals surface area contributed by atoms with Crippen molar-refractivity contribution < 1.29 is 4.79 Å². The van der Waals surface area contributed by atoms with Crippen molar-refractivity contribution in [3.63, 3.8) is 0 Å². The van der Waals surface area contributed by atoms with Crippen molar-refractivity contribution in [2.45, 2.75) is 25.0 Å². The lowest BCUT2D eigenvalue weighted by molar-refractivity contribution is -0.118. The average molecular weight is 396 g/mol. The molecule has 7 heteroatoms. The van der Waals surface area contributed by atoms with Crippen LogP contribution in [0.1, 0.15) is 13.3 Å². The molecular weight excluding hydrogens is 378 g/mol. The van der Waals surface area contributed by atoms with E-state index >= 15 is 0 Å². The van der Waals surface area contributed by atoms with E-state index in [1.165, 1.54) is 11.8 Å². The van der Waals surface area contributed by atoms with Gasteiger partial charge in [0.05, 0.1) is 16.7 Å². The maximum Gasteiger partial charge on any atom is 0.262 e. The first kappa shape index (κ1) is 17.7. The number of carbonyl (C=O) groups excluding carboxylic acids is 1. The van der Waals surface area contributed by atoms with Gasteiger partial charge in [-0.3, -0.25) is 14.2 Å². The third kappa shape index (κ3) is 4.45. The molecule has 0 fully saturated rings. The summed E-state index contributed by atoms with van der Waals surface area (Å²) in [6.07, 6.45) is 2.44. The Labute approximate surface area is 147 Å². The van der Waals surface area contributed by atoms with Crippen LogP contribution in [-0.4, -0.2) is 27.8 Å². The monoisotopic (exact) mass is 395 g/mol. The third-order valence-corrected chi connectivity index (χ3v) is 4.57. The SMILES string of the molecule is C=CCNC(=O)CSc1nc2ccc(Br)cc2c(=O)n1CCC. The van der Waals surface area contributed by atoms with Crippen molar-refractivity contribution in [2.24, 2.45) is 0 Å². The Hall–Kier alpha value is -1.60. The van der Waals surface area contributed by atoms with Crippen LogP contribution in [0.3, 0.4) is 0 Å². The van der Waals surface area contributed by atoms with Crippen LogP contribution in [0, 0.1) is 0 Å². The predicted molar refractivity (Wildman–Crippen MR) is 97.9 cm³/mol. The van der Waals surface area contributed by atoms with E-state index in [0.29, 0.717) is 29.1 Å². The molecule has 23 heavy (non-hydrogen) atoms. The highest BCUT2D eigenvalue weighted by molar-refractivity contribution is 9.10. The van der Waals surface area contributed by atoms with Gasteiger partial charge in [0.15, 0.2) is 5.16 Å². The van der Waals surface area contributed by atoms with E-state index in [1.54, 1.807) is 22.8 Å². The number of nitrogens with zero attached hydrogens (tertiary/aromatic N) is 2. The van der Waals surface area contributed by atoms with Gasteiger partial charge in [0.1, 0.15) is 0 Å². The van der Waals surface area contributed by atoms with E-state index in [9.17, 15) is 9.59 Å². The number of fused-ring (bicyclic) bond motifs is 1. The third-order valence-electron chi connectivity index (χ3n) is 3.10. The molecule has 1 heterocycles. The summed E-state index contributed by atoms with van der Waals surface area (Å²) in [5.74, 6) is 0.106. The van der Waals surface area contributed by atoms with Crippen molar-refractivity contribution in [3.05, 3.63) is 45.7 Å². The van der Waals surface area contributed by atoms with Crippen LogP contribution in [0.15, 0.2) is 45.3 Å². The van der Waals surface area contributed by atoms with Crippen LogP contribution < -0.4 is 10.9 Å². The summed E-state index contributed by atoms with van der Waals surface area (Å²) in [5, 5.41) is 3.86. The van der Waals surface area contributed by atoms with E-state index in [0.717, 1.165) is 10.9 Å². The molecule has 0 aliphatic heterocycles. The number of halogens is 1. The van der Waals surface area contributed by atoms with Crippen LogP contribution in [0.4, 0.5) is 0 Å². The predicted octanol–water partition coefficient (Wildman–Crippen LogP) is 2.96. The van der Waals surface area contributed by atoms with E-state index in [2.05, 4.69) is 32.8 Å². The highest BCUT2D eigenvalue weighted by atomic mass is 79.9. The molecule has 1 amide bonds. The highest BCUT2D eigenvalue weighted by Crippen LogP contribution is 2.20. The molecule has 5 nitrogen and oxygen atoms in total. The number of rotatable bonds is 7. The first-order chi connectivity index (χ1) is 11.1. The van der Waals surface area contributed by atoms with Gasteiger partial charge in [-0.2, -0.15) is 0 Å². The number of amides is 1. The molecule has 0 atom stereocenters. The number of nitrogens with one attached hydrogen (secondary N) is 1. The molecule has 0 radical (unpaired) electrons. The highest BCUT2D eigenvalue weighted by Gasteiger charge is 2.13. The first-order valence-corrected chi connectivity index (χ1v) is 9.05. The Morgan fingerprint density at radius 1 is 1.52 bits per heavy atom. The summed E-state index contributed by atoms with van der Waals surface area (Å²) in [4.78, 5) is 29.0. The summed E-state index contributed by atoms with van der Waals surface area (Å²) >= 11 is 4.65. The van der Waals surface area contributed by atoms with Crippen molar-refractivity contribution >= 4 is 44.5 Å². The zero-order chi connectivity index (χ0) is 16.8. The minimum Gasteiger partial charge on any atom is -0.352 e. The molecule has 0 aliphatic rings. The molecule has 0 saturated carbocycles. The number of benzene rings is 1. The van der Waals surface area contributed by atoms with Crippen molar-refractivity contribution in [3.8, 4) is 0 Å². The second-order valence-electron chi connectivity index (χ2n) is 4.89. The quantitative estimate of drug-likeness (QED) is 0.444. The number of hydrogen-bond donors (Lipinski definition) is 1. The summed E-state index contributed by atoms with van der Waals surface area (Å²) in [5.41, 5.74) is 0.562. The van der Waals surface area contributed by atoms with Crippen LogP contribution in [0.2, 0.25) is 0 Å². The average Bonchev–Trinajstić information content (AvgIpc) is 2.54. The molecule has 0 bridgehead atoms.